The number of aliphatic hydroxyl groups is 1. The van der Waals surface area contributed by atoms with E-state index >= 15 is 0 Å². The van der Waals surface area contributed by atoms with Crippen molar-refractivity contribution in [1.29, 1.82) is 0 Å². The van der Waals surface area contributed by atoms with E-state index in [1.165, 1.54) is 7.11 Å². The van der Waals surface area contributed by atoms with Crippen LogP contribution >= 0.6 is 0 Å². The molecule has 1 aliphatic rings. The minimum absolute atomic E-state index is 0.361. The molecular formula is C7H15NO10S2. The van der Waals surface area contributed by atoms with Gasteiger partial charge in [0.1, 0.15) is 18.3 Å². The molecular weight excluding hydrogens is 322 g/mol. The quantitative estimate of drug-likeness (QED) is 0.375. The molecule has 1 rings (SSSR count). The van der Waals surface area contributed by atoms with Gasteiger partial charge in [0.25, 0.3) is 0 Å². The number of rotatable bonds is 6. The standard InChI is InChI=1S/C7H15NO10S2/c1-16-7-5(3-18-20(13,14)15)17-2-4(6(7)9)8-19(10,11)12/h4-9H,2-3H2,1H3,(H,10,11,12)(H,13,14,15)/t4?,5?,6-,7?/m0/s1. The molecule has 1 fully saturated rings. The fourth-order valence-corrected chi connectivity index (χ4v) is 2.65. The van der Waals surface area contributed by atoms with E-state index in [0.29, 0.717) is 0 Å². The van der Waals surface area contributed by atoms with E-state index in [1.54, 1.807) is 4.72 Å². The zero-order chi connectivity index (χ0) is 15.6. The van der Waals surface area contributed by atoms with Crippen LogP contribution in [0.25, 0.3) is 0 Å². The Labute approximate surface area is 115 Å². The maximum atomic E-state index is 10.7. The maximum absolute atomic E-state index is 10.7. The van der Waals surface area contributed by atoms with E-state index in [9.17, 15) is 21.9 Å². The second-order valence-electron chi connectivity index (χ2n) is 3.97. The fraction of sp³-hybridized carbons (Fsp3) is 1.00. The van der Waals surface area contributed by atoms with Gasteiger partial charge in [-0.1, -0.05) is 0 Å². The van der Waals surface area contributed by atoms with Gasteiger partial charge in [-0.15, -0.1) is 0 Å². The summed E-state index contributed by atoms with van der Waals surface area (Å²) in [6.45, 7) is -0.993. The molecule has 1 saturated heterocycles. The first-order valence-corrected chi connectivity index (χ1v) is 8.03. The molecule has 0 aliphatic carbocycles. The van der Waals surface area contributed by atoms with Gasteiger partial charge in [0.2, 0.25) is 0 Å². The summed E-state index contributed by atoms with van der Waals surface area (Å²) in [7, 11) is -8.06. The zero-order valence-electron chi connectivity index (χ0n) is 10.2. The summed E-state index contributed by atoms with van der Waals surface area (Å²) in [6.07, 6.45) is -3.62. The molecule has 0 aromatic heterocycles. The third-order valence-electron chi connectivity index (χ3n) is 2.56. The topological polar surface area (TPSA) is 169 Å². The lowest BCUT2D eigenvalue weighted by atomic mass is 9.99. The van der Waals surface area contributed by atoms with Gasteiger partial charge in [-0.25, -0.2) is 4.18 Å². The molecule has 0 aromatic carbocycles. The van der Waals surface area contributed by atoms with Gasteiger partial charge in [-0.05, 0) is 0 Å². The van der Waals surface area contributed by atoms with Crippen LogP contribution in [0.2, 0.25) is 0 Å². The second kappa shape index (κ2) is 6.59. The van der Waals surface area contributed by atoms with Gasteiger partial charge < -0.3 is 14.6 Å². The lowest BCUT2D eigenvalue weighted by Gasteiger charge is -2.38. The first-order chi connectivity index (χ1) is 9.03. The molecule has 13 heteroatoms. The molecule has 11 nitrogen and oxygen atoms in total. The Kier molecular flexibility index (Phi) is 5.82. The second-order valence-corrected chi connectivity index (χ2v) is 6.25. The smallest absolute Gasteiger partial charge is 0.389 e. The minimum Gasteiger partial charge on any atom is -0.389 e. The SMILES string of the molecule is COC1C(COS(=O)(=O)O)OCC(NS(=O)(=O)O)[C@@H]1O. The number of aliphatic hydroxyl groups excluding tert-OH is 1. The van der Waals surface area contributed by atoms with Gasteiger partial charge in [0.15, 0.2) is 0 Å². The van der Waals surface area contributed by atoms with Crippen molar-refractivity contribution in [3.63, 3.8) is 0 Å². The largest absolute Gasteiger partial charge is 0.397 e. The summed E-state index contributed by atoms with van der Waals surface area (Å²) in [5.41, 5.74) is 0. The summed E-state index contributed by atoms with van der Waals surface area (Å²) >= 11 is 0. The summed E-state index contributed by atoms with van der Waals surface area (Å²) < 4.78 is 75.1. The van der Waals surface area contributed by atoms with E-state index in [4.69, 9.17) is 18.6 Å². The highest BCUT2D eigenvalue weighted by atomic mass is 32.3. The Morgan fingerprint density at radius 2 is 1.90 bits per heavy atom. The van der Waals surface area contributed by atoms with Crippen LogP contribution in [-0.2, 0) is 34.4 Å². The van der Waals surface area contributed by atoms with Crippen LogP contribution in [0, 0.1) is 0 Å². The van der Waals surface area contributed by atoms with Crippen LogP contribution in [-0.4, -0.2) is 75.7 Å². The van der Waals surface area contributed by atoms with Crippen LogP contribution < -0.4 is 4.72 Å². The first kappa shape index (κ1) is 17.7. The maximum Gasteiger partial charge on any atom is 0.397 e. The van der Waals surface area contributed by atoms with Crippen molar-refractivity contribution in [2.24, 2.45) is 0 Å². The number of ether oxygens (including phenoxy) is 2. The van der Waals surface area contributed by atoms with Gasteiger partial charge in [-0.3, -0.25) is 9.11 Å². The van der Waals surface area contributed by atoms with E-state index in [-0.39, 0.29) is 6.61 Å². The molecule has 0 saturated carbocycles. The summed E-state index contributed by atoms with van der Waals surface area (Å²) in [5, 5.41) is 9.88. The molecule has 3 unspecified atom stereocenters. The van der Waals surface area contributed by atoms with Crippen LogP contribution in [0.1, 0.15) is 0 Å². The summed E-state index contributed by atoms with van der Waals surface area (Å²) in [6, 6.07) is -1.18. The van der Waals surface area contributed by atoms with Gasteiger partial charge in [-0.2, -0.15) is 21.6 Å². The lowest BCUT2D eigenvalue weighted by Crippen LogP contribution is -2.60. The molecule has 0 amide bonds. The average Bonchev–Trinajstić information content (AvgIpc) is 2.27. The number of methoxy groups -OCH3 is 1. The van der Waals surface area contributed by atoms with Gasteiger partial charge in [0, 0.05) is 7.11 Å². The fourth-order valence-electron chi connectivity index (χ4n) is 1.75. The number of hydrogen-bond donors (Lipinski definition) is 4. The Balaban J connectivity index is 2.71. The molecule has 120 valence electrons. The Morgan fingerprint density at radius 3 is 2.35 bits per heavy atom. The molecule has 20 heavy (non-hydrogen) atoms. The Bertz CT molecular complexity index is 514. The third kappa shape index (κ3) is 5.55. The van der Waals surface area contributed by atoms with E-state index in [1.807, 2.05) is 0 Å². The molecule has 0 spiro atoms. The van der Waals surface area contributed by atoms with E-state index in [0.717, 1.165) is 0 Å². The Hall–Kier alpha value is -0.380. The summed E-state index contributed by atoms with van der Waals surface area (Å²) in [5.74, 6) is 0. The molecule has 4 N–H and O–H groups in total. The van der Waals surface area contributed by atoms with Crippen LogP contribution in [0.15, 0.2) is 0 Å². The van der Waals surface area contributed by atoms with Crippen molar-refractivity contribution in [2.75, 3.05) is 20.3 Å². The Morgan fingerprint density at radius 1 is 1.30 bits per heavy atom. The van der Waals surface area contributed by atoms with Gasteiger partial charge in [0.05, 0.1) is 19.3 Å². The highest BCUT2D eigenvalue weighted by Crippen LogP contribution is 2.19. The van der Waals surface area contributed by atoms with Gasteiger partial charge >= 0.3 is 20.7 Å². The molecule has 0 bridgehead atoms. The highest BCUT2D eigenvalue weighted by Gasteiger charge is 2.41. The van der Waals surface area contributed by atoms with E-state index < -0.39 is 51.7 Å². The first-order valence-electron chi connectivity index (χ1n) is 5.22. The number of nitrogens with one attached hydrogen (secondary N) is 1. The van der Waals surface area contributed by atoms with Crippen LogP contribution in [0.5, 0.6) is 0 Å². The molecule has 1 aliphatic heterocycles. The van der Waals surface area contributed by atoms with Crippen molar-refractivity contribution in [2.45, 2.75) is 24.4 Å². The molecule has 0 aromatic rings. The number of hydrogen-bond acceptors (Lipinski definition) is 8. The predicted molar refractivity (Wildman–Crippen MR) is 62.5 cm³/mol. The zero-order valence-corrected chi connectivity index (χ0v) is 11.9. The molecule has 0 radical (unpaired) electrons. The average molecular weight is 337 g/mol. The normalized spacial score (nSPS) is 32.2. The minimum atomic E-state index is -4.68. The lowest BCUT2D eigenvalue weighted by molar-refractivity contribution is -0.167. The van der Waals surface area contributed by atoms with Crippen molar-refractivity contribution in [1.82, 2.24) is 4.72 Å². The van der Waals surface area contributed by atoms with E-state index in [2.05, 4.69) is 4.18 Å². The van der Waals surface area contributed by atoms with Crippen LogP contribution in [0.3, 0.4) is 0 Å². The molecule has 1 heterocycles. The van der Waals surface area contributed by atoms with Crippen molar-refractivity contribution < 1.29 is 44.7 Å². The van der Waals surface area contributed by atoms with Crippen LogP contribution in [0.4, 0.5) is 0 Å². The van der Waals surface area contributed by atoms with Crippen molar-refractivity contribution in [3.05, 3.63) is 0 Å². The molecule has 4 atom stereocenters. The van der Waals surface area contributed by atoms with Crippen molar-refractivity contribution >= 4 is 20.7 Å². The third-order valence-corrected chi connectivity index (χ3v) is 3.59. The van der Waals surface area contributed by atoms with Crippen molar-refractivity contribution in [3.8, 4) is 0 Å². The highest BCUT2D eigenvalue weighted by molar-refractivity contribution is 7.83. The monoisotopic (exact) mass is 337 g/mol. The predicted octanol–water partition coefficient (Wildman–Crippen LogP) is -2.66. The summed E-state index contributed by atoms with van der Waals surface area (Å²) in [4.78, 5) is 0.